The Labute approximate surface area is 166 Å². The molecule has 152 valence electrons. The predicted molar refractivity (Wildman–Crippen MR) is 112 cm³/mol. The summed E-state index contributed by atoms with van der Waals surface area (Å²) in [7, 11) is 0. The van der Waals surface area contributed by atoms with E-state index < -0.39 is 0 Å². The lowest BCUT2D eigenvalue weighted by atomic mass is 9.85. The average molecular weight is 374 g/mol. The van der Waals surface area contributed by atoms with Crippen LogP contribution in [-0.2, 0) is 11.2 Å². The first-order valence-corrected chi connectivity index (χ1v) is 11.3. The number of hydrogen-bond acceptors (Lipinski definition) is 2. The zero-order valence-corrected chi connectivity index (χ0v) is 17.2. The molecule has 1 aromatic carbocycles. The maximum absolute atomic E-state index is 12.2. The summed E-state index contributed by atoms with van der Waals surface area (Å²) in [6, 6.07) is 10.4. The maximum Gasteiger partial charge on any atom is 0.246 e. The molecule has 1 heterocycles. The van der Waals surface area contributed by atoms with Crippen molar-refractivity contribution in [2.24, 2.45) is 5.92 Å². The van der Waals surface area contributed by atoms with Crippen molar-refractivity contribution in [3.05, 3.63) is 35.9 Å². The molecule has 1 N–H and O–H groups in total. The molecule has 3 nitrogen and oxygen atoms in total. The van der Waals surface area contributed by atoms with Crippen molar-refractivity contribution in [1.29, 1.82) is 0 Å². The van der Waals surface area contributed by atoms with E-state index in [1.54, 1.807) is 0 Å². The molecule has 2 atom stereocenters. The predicted octanol–water partition coefficient (Wildman–Crippen LogP) is 6.54. The second-order valence-corrected chi connectivity index (χ2v) is 8.36. The normalized spacial score (nSPS) is 20.2. The Hall–Kier alpha value is -1.35. The van der Waals surface area contributed by atoms with Gasteiger partial charge >= 0.3 is 0 Å². The lowest BCUT2D eigenvalue weighted by molar-refractivity contribution is -0.186. The quantitative estimate of drug-likeness (QED) is 0.315. The number of nitrogens with zero attached hydrogens (tertiary/aromatic N) is 1. The molecule has 1 amide bonds. The summed E-state index contributed by atoms with van der Waals surface area (Å²) in [5.74, 6) is 0.260. The number of piperidine rings is 1. The van der Waals surface area contributed by atoms with Crippen LogP contribution in [-0.4, -0.2) is 22.2 Å². The van der Waals surface area contributed by atoms with Crippen molar-refractivity contribution >= 4 is 5.91 Å². The maximum atomic E-state index is 12.2. The Morgan fingerprint density at radius 3 is 2.15 bits per heavy atom. The molecule has 3 heteroatoms. The molecule has 0 aromatic heterocycles. The third-order valence-corrected chi connectivity index (χ3v) is 5.93. The van der Waals surface area contributed by atoms with Gasteiger partial charge in [0.15, 0.2) is 0 Å². The van der Waals surface area contributed by atoms with Gasteiger partial charge in [0.05, 0.1) is 6.04 Å². The van der Waals surface area contributed by atoms with Crippen molar-refractivity contribution in [2.75, 3.05) is 0 Å². The number of carbonyl (C=O) groups is 1. The summed E-state index contributed by atoms with van der Waals surface area (Å²) in [6.07, 6.45) is 16.4. The minimum Gasteiger partial charge on any atom is -0.286 e. The Morgan fingerprint density at radius 2 is 1.52 bits per heavy atom. The summed E-state index contributed by atoms with van der Waals surface area (Å²) in [5.41, 5.74) is 1.29. The molecule has 27 heavy (non-hydrogen) atoms. The molecule has 0 saturated carbocycles. The molecule has 2 rings (SSSR count). The van der Waals surface area contributed by atoms with Gasteiger partial charge < -0.3 is 0 Å². The Kier molecular flexibility index (Phi) is 10.5. The van der Waals surface area contributed by atoms with Gasteiger partial charge in [-0.1, -0.05) is 101 Å². The number of hydrogen-bond donors (Lipinski definition) is 1. The molecule has 0 aliphatic carbocycles. The monoisotopic (exact) mass is 373 g/mol. The summed E-state index contributed by atoms with van der Waals surface area (Å²) >= 11 is 0. The fourth-order valence-corrected chi connectivity index (χ4v) is 4.32. The standard InChI is InChI=1S/C24H39NO2/c1-2-3-4-5-6-7-8-9-10-14-17-23-19-22(20-24(26)25(23)27)18-21-15-12-11-13-16-21/h11-13,15-16,22-23,27H,2-10,14,17-20H2,1H3. The van der Waals surface area contributed by atoms with Crippen molar-refractivity contribution in [2.45, 2.75) is 103 Å². The summed E-state index contributed by atoms with van der Waals surface area (Å²) in [4.78, 5) is 12.2. The van der Waals surface area contributed by atoms with Gasteiger partial charge in [0.25, 0.3) is 0 Å². The van der Waals surface area contributed by atoms with Crippen LogP contribution in [0.2, 0.25) is 0 Å². The highest BCUT2D eigenvalue weighted by molar-refractivity contribution is 5.76. The average Bonchev–Trinajstić information content (AvgIpc) is 2.67. The minimum atomic E-state index is -0.0979. The van der Waals surface area contributed by atoms with Gasteiger partial charge in [-0.05, 0) is 30.7 Å². The lowest BCUT2D eigenvalue weighted by Gasteiger charge is -2.35. The molecule has 1 saturated heterocycles. The topological polar surface area (TPSA) is 40.5 Å². The number of hydroxylamine groups is 2. The van der Waals surface area contributed by atoms with Gasteiger partial charge in [0, 0.05) is 6.42 Å². The van der Waals surface area contributed by atoms with Gasteiger partial charge in [-0.3, -0.25) is 10.0 Å². The number of amides is 1. The van der Waals surface area contributed by atoms with Gasteiger partial charge in [-0.15, -0.1) is 0 Å². The van der Waals surface area contributed by atoms with Crippen molar-refractivity contribution in [3.8, 4) is 0 Å². The first kappa shape index (κ1) is 21.9. The zero-order valence-electron chi connectivity index (χ0n) is 17.2. The van der Waals surface area contributed by atoms with Crippen LogP contribution in [0.4, 0.5) is 0 Å². The molecule has 0 radical (unpaired) electrons. The molecule has 2 unspecified atom stereocenters. The van der Waals surface area contributed by atoms with Crippen molar-refractivity contribution in [1.82, 2.24) is 5.06 Å². The van der Waals surface area contributed by atoms with E-state index in [1.165, 1.54) is 63.4 Å². The van der Waals surface area contributed by atoms with E-state index in [2.05, 4.69) is 31.2 Å². The molecule has 1 fully saturated rings. The van der Waals surface area contributed by atoms with E-state index in [9.17, 15) is 10.0 Å². The molecular formula is C24H39NO2. The van der Waals surface area contributed by atoms with Crippen LogP contribution < -0.4 is 0 Å². The van der Waals surface area contributed by atoms with Crippen molar-refractivity contribution in [3.63, 3.8) is 0 Å². The third-order valence-electron chi connectivity index (χ3n) is 5.93. The van der Waals surface area contributed by atoms with Crippen LogP contribution in [0.5, 0.6) is 0 Å². The molecular weight excluding hydrogens is 334 g/mol. The highest BCUT2D eigenvalue weighted by atomic mass is 16.5. The Balaban J connectivity index is 1.60. The van der Waals surface area contributed by atoms with Crippen molar-refractivity contribution < 1.29 is 10.0 Å². The van der Waals surface area contributed by atoms with E-state index in [1.807, 2.05) is 6.07 Å². The number of rotatable bonds is 13. The summed E-state index contributed by atoms with van der Waals surface area (Å²) in [6.45, 7) is 2.26. The highest BCUT2D eigenvalue weighted by Crippen LogP contribution is 2.29. The molecule has 0 bridgehead atoms. The lowest BCUT2D eigenvalue weighted by Crippen LogP contribution is -2.44. The summed E-state index contributed by atoms with van der Waals surface area (Å²) in [5, 5.41) is 11.2. The van der Waals surface area contributed by atoms with Crippen LogP contribution in [0.15, 0.2) is 30.3 Å². The third kappa shape index (κ3) is 8.47. The molecule has 1 aliphatic heterocycles. The summed E-state index contributed by atoms with van der Waals surface area (Å²) < 4.78 is 0. The largest absolute Gasteiger partial charge is 0.286 e. The molecule has 1 aliphatic rings. The first-order valence-electron chi connectivity index (χ1n) is 11.3. The van der Waals surface area contributed by atoms with E-state index in [0.29, 0.717) is 12.3 Å². The van der Waals surface area contributed by atoms with Crippen LogP contribution in [0.1, 0.15) is 96.0 Å². The van der Waals surface area contributed by atoms with Gasteiger partial charge in [-0.2, -0.15) is 0 Å². The fraction of sp³-hybridized carbons (Fsp3) is 0.708. The first-order chi connectivity index (χ1) is 13.2. The minimum absolute atomic E-state index is 0.00834. The SMILES string of the molecule is CCCCCCCCCCCCC1CC(Cc2ccccc2)CC(=O)N1O. The highest BCUT2D eigenvalue weighted by Gasteiger charge is 2.32. The van der Waals surface area contributed by atoms with Crippen LogP contribution in [0.25, 0.3) is 0 Å². The molecule has 1 aromatic rings. The van der Waals surface area contributed by atoms with E-state index in [4.69, 9.17) is 0 Å². The van der Waals surface area contributed by atoms with Gasteiger partial charge in [0.2, 0.25) is 5.91 Å². The second kappa shape index (κ2) is 12.9. The van der Waals surface area contributed by atoms with E-state index in [0.717, 1.165) is 30.7 Å². The number of benzene rings is 1. The van der Waals surface area contributed by atoms with Crippen LogP contribution in [0, 0.1) is 5.92 Å². The van der Waals surface area contributed by atoms with E-state index >= 15 is 0 Å². The van der Waals surface area contributed by atoms with Gasteiger partial charge in [-0.25, -0.2) is 5.06 Å². The van der Waals surface area contributed by atoms with Crippen LogP contribution >= 0.6 is 0 Å². The second-order valence-electron chi connectivity index (χ2n) is 8.36. The smallest absolute Gasteiger partial charge is 0.246 e. The zero-order chi connectivity index (χ0) is 19.3. The van der Waals surface area contributed by atoms with Crippen LogP contribution in [0.3, 0.4) is 0 Å². The molecule has 0 spiro atoms. The Morgan fingerprint density at radius 1 is 0.926 bits per heavy atom. The fourth-order valence-electron chi connectivity index (χ4n) is 4.32. The number of carbonyl (C=O) groups excluding carboxylic acids is 1. The number of unbranched alkanes of at least 4 members (excludes halogenated alkanes) is 9. The Bertz CT molecular complexity index is 516. The van der Waals surface area contributed by atoms with Gasteiger partial charge in [0.1, 0.15) is 0 Å². The van der Waals surface area contributed by atoms with E-state index in [-0.39, 0.29) is 11.9 Å².